The van der Waals surface area contributed by atoms with Crippen LogP contribution < -0.4 is 20.1 Å². The number of aryl methyl sites for hydroxylation is 1. The van der Waals surface area contributed by atoms with Crippen LogP contribution in [-0.4, -0.2) is 40.4 Å². The number of ether oxygens (including phenoxy) is 2. The fourth-order valence-corrected chi connectivity index (χ4v) is 3.57. The number of halogens is 1. The van der Waals surface area contributed by atoms with Crippen LogP contribution in [0.4, 0.5) is 0 Å². The first-order chi connectivity index (χ1) is 14.7. The fraction of sp³-hybridized carbons (Fsp3) is 0.520. The van der Waals surface area contributed by atoms with Crippen LogP contribution in [-0.2, 0) is 12.8 Å². The van der Waals surface area contributed by atoms with Crippen molar-refractivity contribution in [3.05, 3.63) is 58.6 Å². The Bertz CT molecular complexity index is 707. The number of hydrogen-bond donors (Lipinski definition) is 2. The van der Waals surface area contributed by atoms with Gasteiger partial charge in [0.05, 0.1) is 14.2 Å². The second kappa shape index (κ2) is 15.1. The molecule has 0 bridgehead atoms. The Morgan fingerprint density at radius 3 is 1.90 bits per heavy atom. The van der Waals surface area contributed by atoms with Crippen LogP contribution in [0.5, 0.6) is 11.5 Å². The highest BCUT2D eigenvalue weighted by Crippen LogP contribution is 2.27. The van der Waals surface area contributed by atoms with Gasteiger partial charge >= 0.3 is 0 Å². The predicted molar refractivity (Wildman–Crippen MR) is 127 cm³/mol. The Balaban J connectivity index is 1.38. The first-order valence-electron chi connectivity index (χ1n) is 11.1. The zero-order valence-electron chi connectivity index (χ0n) is 18.5. The summed E-state index contributed by atoms with van der Waals surface area (Å²) in [6.07, 6.45) is 8.36. The van der Waals surface area contributed by atoms with Gasteiger partial charge in [-0.05, 0) is 93.7 Å². The van der Waals surface area contributed by atoms with Crippen LogP contribution in [0.2, 0.25) is 5.02 Å². The molecule has 0 aliphatic heterocycles. The van der Waals surface area contributed by atoms with Crippen LogP contribution >= 0.6 is 11.6 Å². The average molecular weight is 433 g/mol. The van der Waals surface area contributed by atoms with E-state index in [1.54, 1.807) is 14.2 Å². The van der Waals surface area contributed by atoms with E-state index in [1.807, 2.05) is 18.2 Å². The summed E-state index contributed by atoms with van der Waals surface area (Å²) in [6.45, 7) is 4.28. The monoisotopic (exact) mass is 432 g/mol. The molecule has 0 radical (unpaired) electrons. The zero-order valence-corrected chi connectivity index (χ0v) is 19.3. The zero-order chi connectivity index (χ0) is 21.4. The van der Waals surface area contributed by atoms with E-state index >= 15 is 0 Å². The third-order valence-electron chi connectivity index (χ3n) is 5.23. The first kappa shape index (κ1) is 24.5. The van der Waals surface area contributed by atoms with Gasteiger partial charge in [0.25, 0.3) is 0 Å². The van der Waals surface area contributed by atoms with Crippen molar-refractivity contribution in [1.82, 2.24) is 10.6 Å². The van der Waals surface area contributed by atoms with Crippen molar-refractivity contribution >= 4 is 11.6 Å². The molecule has 5 heteroatoms. The molecular weight excluding hydrogens is 396 g/mol. The number of rotatable bonds is 16. The SMILES string of the molecule is COc1ccc(CCNCCCCCCNCCCc2ccc(Cl)cc2)cc1OC. The maximum atomic E-state index is 5.91. The van der Waals surface area contributed by atoms with Gasteiger partial charge in [0, 0.05) is 5.02 Å². The molecule has 2 N–H and O–H groups in total. The highest BCUT2D eigenvalue weighted by Gasteiger charge is 2.04. The van der Waals surface area contributed by atoms with Gasteiger partial charge in [-0.1, -0.05) is 42.6 Å². The third-order valence-corrected chi connectivity index (χ3v) is 5.48. The Morgan fingerprint density at radius 1 is 0.633 bits per heavy atom. The first-order valence-corrected chi connectivity index (χ1v) is 11.5. The summed E-state index contributed by atoms with van der Waals surface area (Å²) < 4.78 is 10.6. The molecule has 0 heterocycles. The van der Waals surface area contributed by atoms with Gasteiger partial charge < -0.3 is 20.1 Å². The van der Waals surface area contributed by atoms with Crippen LogP contribution in [0.15, 0.2) is 42.5 Å². The second-order valence-electron chi connectivity index (χ2n) is 7.58. The van der Waals surface area contributed by atoms with Crippen molar-refractivity contribution in [1.29, 1.82) is 0 Å². The van der Waals surface area contributed by atoms with E-state index < -0.39 is 0 Å². The van der Waals surface area contributed by atoms with E-state index in [1.165, 1.54) is 43.2 Å². The van der Waals surface area contributed by atoms with Gasteiger partial charge in [-0.25, -0.2) is 0 Å². The summed E-state index contributed by atoms with van der Waals surface area (Å²) in [5, 5.41) is 7.90. The summed E-state index contributed by atoms with van der Waals surface area (Å²) in [5.41, 5.74) is 2.63. The van der Waals surface area contributed by atoms with Crippen molar-refractivity contribution < 1.29 is 9.47 Å². The maximum absolute atomic E-state index is 5.91. The van der Waals surface area contributed by atoms with Gasteiger partial charge in [-0.3, -0.25) is 0 Å². The Labute approximate surface area is 187 Å². The molecule has 0 spiro atoms. The van der Waals surface area contributed by atoms with Crippen molar-refractivity contribution in [3.63, 3.8) is 0 Å². The number of unbranched alkanes of at least 4 members (excludes halogenated alkanes) is 3. The number of hydrogen-bond acceptors (Lipinski definition) is 4. The smallest absolute Gasteiger partial charge is 0.160 e. The third kappa shape index (κ3) is 9.84. The minimum atomic E-state index is 0.783. The minimum absolute atomic E-state index is 0.783. The molecule has 166 valence electrons. The highest BCUT2D eigenvalue weighted by molar-refractivity contribution is 6.30. The molecule has 0 aliphatic rings. The average Bonchev–Trinajstić information content (AvgIpc) is 2.78. The number of benzene rings is 2. The molecule has 2 aromatic carbocycles. The van der Waals surface area contributed by atoms with Gasteiger partial charge in [-0.2, -0.15) is 0 Å². The number of methoxy groups -OCH3 is 2. The lowest BCUT2D eigenvalue weighted by atomic mass is 10.1. The van der Waals surface area contributed by atoms with E-state index in [-0.39, 0.29) is 0 Å². The molecule has 2 aromatic rings. The molecule has 4 nitrogen and oxygen atoms in total. The molecule has 0 aromatic heterocycles. The molecule has 0 saturated carbocycles. The molecule has 0 aliphatic carbocycles. The topological polar surface area (TPSA) is 42.5 Å². The molecule has 30 heavy (non-hydrogen) atoms. The second-order valence-corrected chi connectivity index (χ2v) is 8.02. The standard InChI is InChI=1S/C25H37ClN2O2/c1-29-24-14-11-22(20-25(24)30-2)15-19-28-17-6-4-3-5-16-27-18-7-8-21-9-12-23(26)13-10-21/h9-14,20,27-28H,3-8,15-19H2,1-2H3. The molecule has 0 saturated heterocycles. The van der Waals surface area contributed by atoms with Crippen LogP contribution in [0, 0.1) is 0 Å². The fourth-order valence-electron chi connectivity index (χ4n) is 3.44. The van der Waals surface area contributed by atoms with Gasteiger partial charge in [0.15, 0.2) is 11.5 Å². The largest absolute Gasteiger partial charge is 0.493 e. The summed E-state index contributed by atoms with van der Waals surface area (Å²) >= 11 is 5.91. The highest BCUT2D eigenvalue weighted by atomic mass is 35.5. The van der Waals surface area contributed by atoms with Gasteiger partial charge in [0.2, 0.25) is 0 Å². The number of nitrogens with one attached hydrogen (secondary N) is 2. The summed E-state index contributed by atoms with van der Waals surface area (Å²) in [4.78, 5) is 0. The molecule has 0 fully saturated rings. The normalized spacial score (nSPS) is 10.9. The lowest BCUT2D eigenvalue weighted by Gasteiger charge is -2.10. The lowest BCUT2D eigenvalue weighted by Crippen LogP contribution is -2.19. The quantitative estimate of drug-likeness (QED) is 0.354. The van der Waals surface area contributed by atoms with E-state index in [0.717, 1.165) is 55.5 Å². The van der Waals surface area contributed by atoms with Gasteiger partial charge in [0.1, 0.15) is 0 Å². The van der Waals surface area contributed by atoms with Crippen molar-refractivity contribution in [2.75, 3.05) is 40.4 Å². The van der Waals surface area contributed by atoms with E-state index in [2.05, 4.69) is 34.9 Å². The summed E-state index contributed by atoms with van der Waals surface area (Å²) in [5.74, 6) is 1.58. The van der Waals surface area contributed by atoms with E-state index in [4.69, 9.17) is 21.1 Å². The Morgan fingerprint density at radius 2 is 1.23 bits per heavy atom. The van der Waals surface area contributed by atoms with Crippen molar-refractivity contribution in [3.8, 4) is 11.5 Å². The molecule has 0 amide bonds. The van der Waals surface area contributed by atoms with Crippen molar-refractivity contribution in [2.45, 2.75) is 44.9 Å². The molecule has 2 rings (SSSR count). The van der Waals surface area contributed by atoms with Gasteiger partial charge in [-0.15, -0.1) is 0 Å². The Hall–Kier alpha value is -1.75. The maximum Gasteiger partial charge on any atom is 0.160 e. The van der Waals surface area contributed by atoms with E-state index in [0.29, 0.717) is 0 Å². The van der Waals surface area contributed by atoms with E-state index in [9.17, 15) is 0 Å². The molecule has 0 atom stereocenters. The van der Waals surface area contributed by atoms with Crippen LogP contribution in [0.25, 0.3) is 0 Å². The van der Waals surface area contributed by atoms with Crippen molar-refractivity contribution in [2.24, 2.45) is 0 Å². The summed E-state index contributed by atoms with van der Waals surface area (Å²) in [7, 11) is 3.34. The van der Waals surface area contributed by atoms with Crippen LogP contribution in [0.3, 0.4) is 0 Å². The van der Waals surface area contributed by atoms with Crippen LogP contribution in [0.1, 0.15) is 43.2 Å². The molecular formula is C25H37ClN2O2. The summed E-state index contributed by atoms with van der Waals surface area (Å²) in [6, 6.07) is 14.3. The molecule has 0 unspecified atom stereocenters. The minimum Gasteiger partial charge on any atom is -0.493 e. The lowest BCUT2D eigenvalue weighted by molar-refractivity contribution is 0.354. The Kier molecular flexibility index (Phi) is 12.4. The predicted octanol–water partition coefficient (Wildman–Crippen LogP) is 5.27.